The standard InChI is InChI=1S/C14H17BrN4O/c1-2-17-12-5-3-4-11(12)14-18-13(19-20-14)9-6-10(15)8-16-7-9/h6-8,11-12,17H,2-5H2,1H3. The van der Waals surface area contributed by atoms with Crippen molar-refractivity contribution in [2.75, 3.05) is 6.54 Å². The zero-order valence-corrected chi connectivity index (χ0v) is 12.9. The first-order chi connectivity index (χ1) is 9.78. The van der Waals surface area contributed by atoms with Gasteiger partial charge < -0.3 is 9.84 Å². The van der Waals surface area contributed by atoms with E-state index in [-0.39, 0.29) is 0 Å². The molecule has 5 nitrogen and oxygen atoms in total. The van der Waals surface area contributed by atoms with Gasteiger partial charge in [-0.15, -0.1) is 0 Å². The molecule has 106 valence electrons. The molecule has 2 aromatic heterocycles. The second-order valence-corrected chi connectivity index (χ2v) is 5.97. The molecule has 1 aliphatic carbocycles. The summed E-state index contributed by atoms with van der Waals surface area (Å²) in [6.07, 6.45) is 6.97. The van der Waals surface area contributed by atoms with E-state index in [1.54, 1.807) is 12.4 Å². The molecule has 1 N–H and O–H groups in total. The fraction of sp³-hybridized carbons (Fsp3) is 0.500. The topological polar surface area (TPSA) is 63.8 Å². The smallest absolute Gasteiger partial charge is 0.231 e. The van der Waals surface area contributed by atoms with Crippen LogP contribution >= 0.6 is 15.9 Å². The largest absolute Gasteiger partial charge is 0.339 e. The van der Waals surface area contributed by atoms with Gasteiger partial charge in [-0.25, -0.2) is 0 Å². The SMILES string of the molecule is CCNC1CCCC1c1nc(-c2cncc(Br)c2)no1. The van der Waals surface area contributed by atoms with E-state index in [2.05, 4.69) is 43.3 Å². The number of rotatable bonds is 4. The molecule has 3 rings (SSSR count). The van der Waals surface area contributed by atoms with Gasteiger partial charge in [0.1, 0.15) is 0 Å². The average molecular weight is 337 g/mol. The summed E-state index contributed by atoms with van der Waals surface area (Å²) in [7, 11) is 0. The van der Waals surface area contributed by atoms with Crippen molar-refractivity contribution in [3.63, 3.8) is 0 Å². The maximum absolute atomic E-state index is 5.48. The van der Waals surface area contributed by atoms with Gasteiger partial charge >= 0.3 is 0 Å². The van der Waals surface area contributed by atoms with Crippen LogP contribution in [-0.2, 0) is 0 Å². The molecule has 2 unspecified atom stereocenters. The van der Waals surface area contributed by atoms with E-state index < -0.39 is 0 Å². The highest BCUT2D eigenvalue weighted by Crippen LogP contribution is 2.34. The lowest BCUT2D eigenvalue weighted by molar-refractivity contribution is 0.332. The molecule has 0 aromatic carbocycles. The van der Waals surface area contributed by atoms with Gasteiger partial charge in [0.25, 0.3) is 0 Å². The van der Waals surface area contributed by atoms with E-state index in [1.807, 2.05) is 6.07 Å². The van der Waals surface area contributed by atoms with E-state index in [0.29, 0.717) is 17.8 Å². The molecule has 2 aromatic rings. The number of likely N-dealkylation sites (N-methyl/N-ethyl adjacent to an activating group) is 1. The molecule has 0 saturated heterocycles. The molecular formula is C14H17BrN4O. The summed E-state index contributed by atoms with van der Waals surface area (Å²) in [4.78, 5) is 8.69. The fourth-order valence-corrected chi connectivity index (χ4v) is 3.16. The number of pyridine rings is 1. The second kappa shape index (κ2) is 6.01. The van der Waals surface area contributed by atoms with Crippen LogP contribution in [0.1, 0.15) is 38.0 Å². The minimum atomic E-state index is 0.330. The Morgan fingerprint density at radius 1 is 1.40 bits per heavy atom. The van der Waals surface area contributed by atoms with Crippen molar-refractivity contribution < 1.29 is 4.52 Å². The molecule has 0 aliphatic heterocycles. The van der Waals surface area contributed by atoms with Crippen molar-refractivity contribution in [1.29, 1.82) is 0 Å². The highest BCUT2D eigenvalue weighted by Gasteiger charge is 2.32. The van der Waals surface area contributed by atoms with Gasteiger partial charge in [0.2, 0.25) is 11.7 Å². The van der Waals surface area contributed by atoms with Crippen LogP contribution in [0.25, 0.3) is 11.4 Å². The normalized spacial score (nSPS) is 22.3. The summed E-state index contributed by atoms with van der Waals surface area (Å²) in [5.41, 5.74) is 0.868. The Hall–Kier alpha value is -1.27. The van der Waals surface area contributed by atoms with Crippen LogP contribution in [0.15, 0.2) is 27.5 Å². The van der Waals surface area contributed by atoms with Crippen molar-refractivity contribution >= 4 is 15.9 Å². The number of aromatic nitrogens is 3. The van der Waals surface area contributed by atoms with Crippen LogP contribution in [0.4, 0.5) is 0 Å². The molecule has 2 atom stereocenters. The number of hydrogen-bond acceptors (Lipinski definition) is 5. The predicted molar refractivity (Wildman–Crippen MR) is 79.3 cm³/mol. The monoisotopic (exact) mass is 336 g/mol. The molecular weight excluding hydrogens is 320 g/mol. The van der Waals surface area contributed by atoms with E-state index in [1.165, 1.54) is 12.8 Å². The third-order valence-electron chi connectivity index (χ3n) is 3.70. The first kappa shape index (κ1) is 13.7. The molecule has 0 bridgehead atoms. The second-order valence-electron chi connectivity index (χ2n) is 5.05. The number of halogens is 1. The Kier molecular flexibility index (Phi) is 4.12. The van der Waals surface area contributed by atoms with Crippen molar-refractivity contribution in [2.24, 2.45) is 0 Å². The third-order valence-corrected chi connectivity index (χ3v) is 4.14. The summed E-state index contributed by atoms with van der Waals surface area (Å²) < 4.78 is 6.39. The van der Waals surface area contributed by atoms with Gasteiger partial charge in [0.05, 0.1) is 5.92 Å². The van der Waals surface area contributed by atoms with Crippen LogP contribution in [0, 0.1) is 0 Å². The maximum Gasteiger partial charge on any atom is 0.231 e. The van der Waals surface area contributed by atoms with Crippen molar-refractivity contribution in [3.8, 4) is 11.4 Å². The van der Waals surface area contributed by atoms with Crippen molar-refractivity contribution in [2.45, 2.75) is 38.1 Å². The zero-order valence-electron chi connectivity index (χ0n) is 11.3. The van der Waals surface area contributed by atoms with E-state index in [0.717, 1.165) is 28.9 Å². The van der Waals surface area contributed by atoms with Crippen molar-refractivity contribution in [3.05, 3.63) is 28.8 Å². The summed E-state index contributed by atoms with van der Waals surface area (Å²) in [5, 5.41) is 7.60. The Bertz CT molecular complexity index is 586. The summed E-state index contributed by atoms with van der Waals surface area (Å²) in [6, 6.07) is 2.40. The molecule has 1 aliphatic rings. The maximum atomic E-state index is 5.48. The first-order valence-electron chi connectivity index (χ1n) is 6.96. The van der Waals surface area contributed by atoms with E-state index in [9.17, 15) is 0 Å². The fourth-order valence-electron chi connectivity index (χ4n) is 2.80. The third kappa shape index (κ3) is 2.76. The molecule has 20 heavy (non-hydrogen) atoms. The van der Waals surface area contributed by atoms with Crippen LogP contribution in [-0.4, -0.2) is 27.7 Å². The number of nitrogens with zero attached hydrogens (tertiary/aromatic N) is 3. The molecule has 0 amide bonds. The van der Waals surface area contributed by atoms with Crippen LogP contribution < -0.4 is 5.32 Å². The van der Waals surface area contributed by atoms with Crippen LogP contribution in [0.3, 0.4) is 0 Å². The van der Waals surface area contributed by atoms with Crippen LogP contribution in [0.2, 0.25) is 0 Å². The Morgan fingerprint density at radius 3 is 3.10 bits per heavy atom. The molecule has 2 heterocycles. The Balaban J connectivity index is 1.83. The van der Waals surface area contributed by atoms with Gasteiger partial charge in [0, 0.05) is 28.5 Å². The number of nitrogens with one attached hydrogen (secondary N) is 1. The van der Waals surface area contributed by atoms with Gasteiger partial charge in [-0.05, 0) is 41.4 Å². The molecule has 0 spiro atoms. The van der Waals surface area contributed by atoms with Crippen LogP contribution in [0.5, 0.6) is 0 Å². The minimum Gasteiger partial charge on any atom is -0.339 e. The summed E-state index contributed by atoms with van der Waals surface area (Å²) in [5.74, 6) is 1.68. The van der Waals surface area contributed by atoms with Crippen molar-refractivity contribution in [1.82, 2.24) is 20.4 Å². The lowest BCUT2D eigenvalue weighted by atomic mass is 10.0. The Labute approximate surface area is 126 Å². The highest BCUT2D eigenvalue weighted by molar-refractivity contribution is 9.10. The number of hydrogen-bond donors (Lipinski definition) is 1. The minimum absolute atomic E-state index is 0.330. The first-order valence-corrected chi connectivity index (χ1v) is 7.75. The van der Waals surface area contributed by atoms with E-state index >= 15 is 0 Å². The molecule has 6 heteroatoms. The van der Waals surface area contributed by atoms with Gasteiger partial charge in [-0.1, -0.05) is 18.5 Å². The van der Waals surface area contributed by atoms with Gasteiger partial charge in [-0.3, -0.25) is 4.98 Å². The average Bonchev–Trinajstić information content (AvgIpc) is 3.07. The lowest BCUT2D eigenvalue weighted by Gasteiger charge is -2.16. The summed E-state index contributed by atoms with van der Waals surface area (Å²) in [6.45, 7) is 3.10. The lowest BCUT2D eigenvalue weighted by Crippen LogP contribution is -2.31. The zero-order chi connectivity index (χ0) is 13.9. The molecule has 0 radical (unpaired) electrons. The van der Waals surface area contributed by atoms with Gasteiger partial charge in [-0.2, -0.15) is 4.98 Å². The van der Waals surface area contributed by atoms with Gasteiger partial charge in [0.15, 0.2) is 0 Å². The van der Waals surface area contributed by atoms with E-state index in [4.69, 9.17) is 4.52 Å². The quantitative estimate of drug-likeness (QED) is 0.929. The molecule has 1 saturated carbocycles. The molecule has 1 fully saturated rings. The Morgan fingerprint density at radius 2 is 2.30 bits per heavy atom. The summed E-state index contributed by atoms with van der Waals surface area (Å²) >= 11 is 3.40. The predicted octanol–water partition coefficient (Wildman–Crippen LogP) is 3.14. The highest BCUT2D eigenvalue weighted by atomic mass is 79.9.